The summed E-state index contributed by atoms with van der Waals surface area (Å²) in [6, 6.07) is 7.56. The molecule has 1 unspecified atom stereocenters. The Morgan fingerprint density at radius 2 is 1.82 bits per heavy atom. The largest absolute Gasteiger partial charge is 0.465 e. The lowest BCUT2D eigenvalue weighted by Crippen LogP contribution is -2.45. The number of hydrogen-bond acceptors (Lipinski definition) is 6. The van der Waals surface area contributed by atoms with E-state index in [0.717, 1.165) is 24.8 Å². The Bertz CT molecular complexity index is 787. The number of ether oxygens (including phenoxy) is 2. The zero-order valence-corrected chi connectivity index (χ0v) is 17.3. The molecule has 2 aliphatic rings. The quantitative estimate of drug-likeness (QED) is 0.422. The molecular formula is C22H29NO5. The number of benzene rings is 1. The Morgan fingerprint density at radius 3 is 2.43 bits per heavy atom. The van der Waals surface area contributed by atoms with E-state index >= 15 is 0 Å². The van der Waals surface area contributed by atoms with Gasteiger partial charge in [0.2, 0.25) is 0 Å². The zero-order valence-electron chi connectivity index (χ0n) is 17.3. The number of nitrogens with zero attached hydrogens (tertiary/aromatic N) is 1. The summed E-state index contributed by atoms with van der Waals surface area (Å²) in [7, 11) is 2.72. The Labute approximate surface area is 166 Å². The molecule has 6 heteroatoms. The summed E-state index contributed by atoms with van der Waals surface area (Å²) in [5.41, 5.74) is 1.86. The molecule has 1 aromatic carbocycles. The fourth-order valence-corrected chi connectivity index (χ4v) is 5.20. The molecule has 2 aliphatic carbocycles. The molecule has 0 aliphatic heterocycles. The van der Waals surface area contributed by atoms with Gasteiger partial charge >= 0.3 is 11.9 Å². The summed E-state index contributed by atoms with van der Waals surface area (Å²) in [5.74, 6) is -0.274. The van der Waals surface area contributed by atoms with Crippen LogP contribution in [0.25, 0.3) is 0 Å². The molecular weight excluding hydrogens is 358 g/mol. The van der Waals surface area contributed by atoms with Crippen molar-refractivity contribution in [1.29, 1.82) is 0 Å². The molecule has 6 nitrogen and oxygen atoms in total. The van der Waals surface area contributed by atoms with Crippen LogP contribution in [0.5, 0.6) is 0 Å². The van der Waals surface area contributed by atoms with Gasteiger partial charge in [0.1, 0.15) is 6.10 Å². The van der Waals surface area contributed by atoms with Crippen molar-refractivity contribution in [3.63, 3.8) is 0 Å². The van der Waals surface area contributed by atoms with E-state index in [4.69, 9.17) is 14.3 Å². The molecule has 4 atom stereocenters. The van der Waals surface area contributed by atoms with Gasteiger partial charge in [-0.2, -0.15) is 0 Å². The summed E-state index contributed by atoms with van der Waals surface area (Å²) in [6.07, 6.45) is 4.12. The molecule has 0 heterocycles. The molecule has 0 aromatic heterocycles. The van der Waals surface area contributed by atoms with Crippen LogP contribution in [0.4, 0.5) is 0 Å². The van der Waals surface area contributed by atoms with Crippen molar-refractivity contribution in [2.24, 2.45) is 21.9 Å². The third-order valence-corrected chi connectivity index (χ3v) is 6.68. The number of carbonyl (C=O) groups excluding carboxylic acids is 2. The maximum atomic E-state index is 11.7. The SMILES string of the molecule is COC(=O)/C(C)=N/O[C@H]1C(C)(Cc2ccc(C(=O)OC)cc2)[C@H]2CC[C@]1(C)C2. The van der Waals surface area contributed by atoms with E-state index in [9.17, 15) is 9.59 Å². The van der Waals surface area contributed by atoms with Crippen molar-refractivity contribution in [2.45, 2.75) is 52.6 Å². The number of carbonyl (C=O) groups is 2. The monoisotopic (exact) mass is 387 g/mol. The first-order chi connectivity index (χ1) is 13.2. The van der Waals surface area contributed by atoms with Crippen LogP contribution in [0.15, 0.2) is 29.4 Å². The molecule has 1 aromatic rings. The number of rotatable bonds is 6. The van der Waals surface area contributed by atoms with E-state index in [0.29, 0.717) is 11.5 Å². The Balaban J connectivity index is 1.82. The van der Waals surface area contributed by atoms with Crippen molar-refractivity contribution >= 4 is 17.7 Å². The molecule has 0 amide bonds. The van der Waals surface area contributed by atoms with Crippen molar-refractivity contribution < 1.29 is 23.9 Å². The highest BCUT2D eigenvalue weighted by Gasteiger charge is 2.63. The molecule has 0 radical (unpaired) electrons. The molecule has 2 bridgehead atoms. The minimum absolute atomic E-state index is 0.0469. The van der Waals surface area contributed by atoms with Gasteiger partial charge in [-0.3, -0.25) is 0 Å². The third kappa shape index (κ3) is 3.52. The molecule has 152 valence electrons. The van der Waals surface area contributed by atoms with Gasteiger partial charge in [-0.05, 0) is 56.2 Å². The second-order valence-corrected chi connectivity index (χ2v) is 8.62. The Hall–Kier alpha value is -2.37. The van der Waals surface area contributed by atoms with Gasteiger partial charge in [0, 0.05) is 10.8 Å². The molecule has 0 N–H and O–H groups in total. The highest BCUT2D eigenvalue weighted by molar-refractivity contribution is 6.35. The first-order valence-corrected chi connectivity index (χ1v) is 9.69. The minimum atomic E-state index is -0.478. The third-order valence-electron chi connectivity index (χ3n) is 6.68. The number of hydrogen-bond donors (Lipinski definition) is 0. The maximum Gasteiger partial charge on any atom is 0.355 e. The van der Waals surface area contributed by atoms with Crippen LogP contribution in [0, 0.1) is 16.7 Å². The van der Waals surface area contributed by atoms with Crippen molar-refractivity contribution in [1.82, 2.24) is 0 Å². The highest BCUT2D eigenvalue weighted by atomic mass is 16.6. The number of oxime groups is 1. The molecule has 0 spiro atoms. The predicted molar refractivity (Wildman–Crippen MR) is 105 cm³/mol. The van der Waals surface area contributed by atoms with Crippen LogP contribution in [0.2, 0.25) is 0 Å². The van der Waals surface area contributed by atoms with Gasteiger partial charge in [0.05, 0.1) is 19.8 Å². The maximum absolute atomic E-state index is 11.7. The number of fused-ring (bicyclic) bond motifs is 2. The number of esters is 2. The van der Waals surface area contributed by atoms with Crippen LogP contribution in [0.3, 0.4) is 0 Å². The zero-order chi connectivity index (χ0) is 20.5. The van der Waals surface area contributed by atoms with E-state index in [1.165, 1.54) is 20.6 Å². The summed E-state index contributed by atoms with van der Waals surface area (Å²) in [5, 5.41) is 4.11. The van der Waals surface area contributed by atoms with Crippen LogP contribution in [-0.2, 0) is 25.5 Å². The molecule has 2 saturated carbocycles. The molecule has 0 saturated heterocycles. The molecule has 3 rings (SSSR count). The van der Waals surface area contributed by atoms with E-state index < -0.39 is 5.97 Å². The lowest BCUT2D eigenvalue weighted by Gasteiger charge is -2.43. The standard InChI is InChI=1S/C22H29NO5/c1-14(18(24)26-4)23-28-20-21(2)11-10-17(13-21)22(20,3)12-15-6-8-16(9-7-15)19(25)27-5/h6-9,17,20H,10-13H2,1-5H3/b23-14+/t17-,20+,21+,22?/m0/s1. The van der Waals surface area contributed by atoms with Crippen LogP contribution in [-0.4, -0.2) is 38.0 Å². The molecule has 28 heavy (non-hydrogen) atoms. The van der Waals surface area contributed by atoms with Gasteiger partial charge < -0.3 is 14.3 Å². The van der Waals surface area contributed by atoms with Crippen molar-refractivity contribution in [2.75, 3.05) is 14.2 Å². The fraction of sp³-hybridized carbons (Fsp3) is 0.591. The second kappa shape index (κ2) is 7.57. The predicted octanol–water partition coefficient (Wildman–Crippen LogP) is 3.78. The van der Waals surface area contributed by atoms with E-state index in [-0.39, 0.29) is 28.6 Å². The second-order valence-electron chi connectivity index (χ2n) is 8.62. The summed E-state index contributed by atoms with van der Waals surface area (Å²) in [6.45, 7) is 6.11. The van der Waals surface area contributed by atoms with Crippen LogP contribution >= 0.6 is 0 Å². The van der Waals surface area contributed by atoms with Gasteiger partial charge in [-0.1, -0.05) is 31.1 Å². The molecule has 2 fully saturated rings. The average Bonchev–Trinajstić information content (AvgIpc) is 3.18. The normalized spacial score (nSPS) is 31.5. The van der Waals surface area contributed by atoms with Crippen molar-refractivity contribution in [3.05, 3.63) is 35.4 Å². The highest BCUT2D eigenvalue weighted by Crippen LogP contribution is 2.64. The first-order valence-electron chi connectivity index (χ1n) is 9.69. The fourth-order valence-electron chi connectivity index (χ4n) is 5.20. The first kappa shape index (κ1) is 20.4. The smallest absolute Gasteiger partial charge is 0.355 e. The summed E-state index contributed by atoms with van der Waals surface area (Å²) < 4.78 is 9.49. The topological polar surface area (TPSA) is 74.2 Å². The van der Waals surface area contributed by atoms with Gasteiger partial charge in [0.15, 0.2) is 5.71 Å². The Kier molecular flexibility index (Phi) is 5.50. The summed E-state index contributed by atoms with van der Waals surface area (Å²) in [4.78, 5) is 29.3. The summed E-state index contributed by atoms with van der Waals surface area (Å²) >= 11 is 0. The lowest BCUT2D eigenvalue weighted by atomic mass is 9.66. The van der Waals surface area contributed by atoms with Crippen LogP contribution < -0.4 is 0 Å². The number of methoxy groups -OCH3 is 2. The average molecular weight is 387 g/mol. The Morgan fingerprint density at radius 1 is 1.14 bits per heavy atom. The minimum Gasteiger partial charge on any atom is -0.465 e. The van der Waals surface area contributed by atoms with Gasteiger partial charge in [-0.25, -0.2) is 9.59 Å². The van der Waals surface area contributed by atoms with Crippen molar-refractivity contribution in [3.8, 4) is 0 Å². The lowest BCUT2D eigenvalue weighted by molar-refractivity contribution is -0.133. The van der Waals surface area contributed by atoms with Gasteiger partial charge in [-0.15, -0.1) is 0 Å². The van der Waals surface area contributed by atoms with E-state index in [1.807, 2.05) is 12.1 Å². The van der Waals surface area contributed by atoms with Gasteiger partial charge in [0.25, 0.3) is 0 Å². The van der Waals surface area contributed by atoms with E-state index in [2.05, 4.69) is 19.0 Å². The van der Waals surface area contributed by atoms with Crippen LogP contribution in [0.1, 0.15) is 56.0 Å². The van der Waals surface area contributed by atoms with E-state index in [1.54, 1.807) is 19.1 Å².